The molecule has 0 amide bonds. The molecule has 2 aliphatic rings. The van der Waals surface area contributed by atoms with Crippen molar-refractivity contribution in [2.24, 2.45) is 0 Å². The Labute approximate surface area is 144 Å². The Morgan fingerprint density at radius 3 is 2.80 bits per heavy atom. The Balaban J connectivity index is 1.26. The third-order valence-corrected chi connectivity index (χ3v) is 4.99. The van der Waals surface area contributed by atoms with Crippen LogP contribution in [-0.4, -0.2) is 61.0 Å². The minimum absolute atomic E-state index is 0.458. The van der Waals surface area contributed by atoms with Crippen molar-refractivity contribution in [2.45, 2.75) is 38.3 Å². The lowest BCUT2D eigenvalue weighted by Gasteiger charge is -2.44. The van der Waals surface area contributed by atoms with E-state index in [1.54, 1.807) is 0 Å². The second-order valence-corrected chi connectivity index (χ2v) is 7.00. The monoisotopic (exact) mass is 340 g/mol. The quantitative estimate of drug-likeness (QED) is 0.680. The molecule has 1 aliphatic carbocycles. The minimum atomic E-state index is 0.458. The molecule has 0 radical (unpaired) electrons. The molecule has 9 nitrogen and oxygen atoms in total. The van der Waals surface area contributed by atoms with E-state index >= 15 is 0 Å². The standard InChI is InChI=1S/C16H20N8O/c1-10-17-13(21-25-10)9-22(2)12-7-23(8-12)15-6-5-14-18-19-16(11-3-4-11)24(14)20-15/h5-6,11-12H,3-4,7-9H2,1-2H3. The highest BCUT2D eigenvalue weighted by Crippen LogP contribution is 2.38. The Morgan fingerprint density at radius 2 is 2.08 bits per heavy atom. The maximum absolute atomic E-state index is 5.03. The lowest BCUT2D eigenvalue weighted by atomic mass is 10.1. The lowest BCUT2D eigenvalue weighted by molar-refractivity contribution is 0.190. The van der Waals surface area contributed by atoms with Crippen molar-refractivity contribution in [1.29, 1.82) is 0 Å². The van der Waals surface area contributed by atoms with Crippen LogP contribution in [0, 0.1) is 6.92 Å². The van der Waals surface area contributed by atoms with Gasteiger partial charge < -0.3 is 9.42 Å². The van der Waals surface area contributed by atoms with Crippen LogP contribution in [-0.2, 0) is 6.54 Å². The van der Waals surface area contributed by atoms with Crippen LogP contribution in [0.15, 0.2) is 16.7 Å². The molecular weight excluding hydrogens is 320 g/mol. The third-order valence-electron chi connectivity index (χ3n) is 4.99. The van der Waals surface area contributed by atoms with E-state index < -0.39 is 0 Å². The molecule has 4 heterocycles. The summed E-state index contributed by atoms with van der Waals surface area (Å²) in [6.45, 7) is 4.38. The first kappa shape index (κ1) is 14.8. The summed E-state index contributed by atoms with van der Waals surface area (Å²) in [5, 5.41) is 17.2. The van der Waals surface area contributed by atoms with Crippen molar-refractivity contribution >= 4 is 11.5 Å². The summed E-state index contributed by atoms with van der Waals surface area (Å²) in [6, 6.07) is 4.49. The van der Waals surface area contributed by atoms with Gasteiger partial charge in [-0.15, -0.1) is 15.3 Å². The van der Waals surface area contributed by atoms with Crippen LogP contribution in [0.5, 0.6) is 0 Å². The molecule has 0 N–H and O–H groups in total. The van der Waals surface area contributed by atoms with Gasteiger partial charge in [-0.25, -0.2) is 0 Å². The van der Waals surface area contributed by atoms with E-state index in [9.17, 15) is 0 Å². The summed E-state index contributed by atoms with van der Waals surface area (Å²) >= 11 is 0. The molecule has 5 rings (SSSR count). The molecule has 9 heteroatoms. The highest BCUT2D eigenvalue weighted by atomic mass is 16.5. The van der Waals surface area contributed by atoms with Gasteiger partial charge in [0, 0.05) is 32.0 Å². The van der Waals surface area contributed by atoms with Crippen LogP contribution >= 0.6 is 0 Å². The van der Waals surface area contributed by atoms with E-state index in [1.165, 1.54) is 12.8 Å². The largest absolute Gasteiger partial charge is 0.352 e. The van der Waals surface area contributed by atoms with E-state index in [4.69, 9.17) is 9.62 Å². The smallest absolute Gasteiger partial charge is 0.223 e. The summed E-state index contributed by atoms with van der Waals surface area (Å²) in [6.07, 6.45) is 2.39. The molecule has 0 atom stereocenters. The Morgan fingerprint density at radius 1 is 1.24 bits per heavy atom. The van der Waals surface area contributed by atoms with E-state index in [0.717, 1.165) is 36.2 Å². The van der Waals surface area contributed by atoms with Gasteiger partial charge in [-0.3, -0.25) is 4.90 Å². The summed E-state index contributed by atoms with van der Waals surface area (Å²) in [5.74, 6) is 3.85. The van der Waals surface area contributed by atoms with Crippen molar-refractivity contribution in [3.8, 4) is 0 Å². The lowest BCUT2D eigenvalue weighted by Crippen LogP contribution is -2.58. The second kappa shape index (κ2) is 5.48. The van der Waals surface area contributed by atoms with E-state index in [-0.39, 0.29) is 0 Å². The molecule has 2 fully saturated rings. The van der Waals surface area contributed by atoms with Gasteiger partial charge in [0.1, 0.15) is 5.82 Å². The van der Waals surface area contributed by atoms with Gasteiger partial charge in [-0.2, -0.15) is 9.50 Å². The molecule has 3 aromatic rings. The molecule has 25 heavy (non-hydrogen) atoms. The van der Waals surface area contributed by atoms with Gasteiger partial charge >= 0.3 is 0 Å². The number of hydrogen-bond donors (Lipinski definition) is 0. The number of nitrogens with zero attached hydrogens (tertiary/aromatic N) is 8. The number of aromatic nitrogens is 6. The number of hydrogen-bond acceptors (Lipinski definition) is 8. The molecule has 1 saturated heterocycles. The molecule has 1 saturated carbocycles. The molecular formula is C16H20N8O. The van der Waals surface area contributed by atoms with Crippen LogP contribution in [0.1, 0.15) is 36.3 Å². The van der Waals surface area contributed by atoms with Gasteiger partial charge in [0.25, 0.3) is 0 Å². The van der Waals surface area contributed by atoms with Crippen LogP contribution in [0.2, 0.25) is 0 Å². The zero-order valence-corrected chi connectivity index (χ0v) is 14.3. The number of likely N-dealkylation sites (N-methyl/N-ethyl adjacent to an activating group) is 1. The first-order valence-corrected chi connectivity index (χ1v) is 8.64. The first-order chi connectivity index (χ1) is 12.2. The summed E-state index contributed by atoms with van der Waals surface area (Å²) in [5.41, 5.74) is 0.826. The van der Waals surface area contributed by atoms with Gasteiger partial charge in [-0.05, 0) is 32.0 Å². The van der Waals surface area contributed by atoms with Gasteiger partial charge in [0.05, 0.1) is 6.54 Å². The van der Waals surface area contributed by atoms with Crippen molar-refractivity contribution in [3.63, 3.8) is 0 Å². The predicted octanol–water partition coefficient (Wildman–Crippen LogP) is 1.01. The van der Waals surface area contributed by atoms with E-state index in [2.05, 4.69) is 37.2 Å². The Kier molecular flexibility index (Phi) is 3.24. The molecule has 0 unspecified atom stereocenters. The number of anilines is 1. The maximum Gasteiger partial charge on any atom is 0.223 e. The number of aryl methyl sites for hydroxylation is 1. The van der Waals surface area contributed by atoms with Gasteiger partial charge in [0.15, 0.2) is 17.3 Å². The first-order valence-electron chi connectivity index (χ1n) is 8.64. The van der Waals surface area contributed by atoms with Crippen molar-refractivity contribution in [3.05, 3.63) is 29.7 Å². The Bertz CT molecular complexity index is 908. The van der Waals surface area contributed by atoms with Crippen LogP contribution in [0.25, 0.3) is 5.65 Å². The summed E-state index contributed by atoms with van der Waals surface area (Å²) in [7, 11) is 2.09. The molecule has 130 valence electrons. The van der Waals surface area contributed by atoms with E-state index in [1.807, 2.05) is 23.6 Å². The number of fused-ring (bicyclic) bond motifs is 1. The third kappa shape index (κ3) is 2.64. The second-order valence-electron chi connectivity index (χ2n) is 7.00. The van der Waals surface area contributed by atoms with E-state index in [0.29, 0.717) is 24.4 Å². The fraction of sp³-hybridized carbons (Fsp3) is 0.562. The van der Waals surface area contributed by atoms with Crippen LogP contribution in [0.3, 0.4) is 0 Å². The Hall–Kier alpha value is -2.55. The minimum Gasteiger partial charge on any atom is -0.352 e. The van der Waals surface area contributed by atoms with Gasteiger partial charge in [0.2, 0.25) is 5.89 Å². The summed E-state index contributed by atoms with van der Waals surface area (Å²) in [4.78, 5) is 8.80. The molecule has 1 aliphatic heterocycles. The SMILES string of the molecule is Cc1nc(CN(C)C2CN(c3ccc4nnc(C5CC5)n4n3)C2)no1. The maximum atomic E-state index is 5.03. The van der Waals surface area contributed by atoms with Crippen molar-refractivity contribution in [1.82, 2.24) is 34.9 Å². The average molecular weight is 340 g/mol. The van der Waals surface area contributed by atoms with Crippen molar-refractivity contribution in [2.75, 3.05) is 25.0 Å². The van der Waals surface area contributed by atoms with Crippen molar-refractivity contribution < 1.29 is 4.52 Å². The highest BCUT2D eigenvalue weighted by Gasteiger charge is 2.33. The number of rotatable bonds is 5. The van der Waals surface area contributed by atoms with Crippen LogP contribution < -0.4 is 4.90 Å². The predicted molar refractivity (Wildman–Crippen MR) is 89.3 cm³/mol. The highest BCUT2D eigenvalue weighted by molar-refractivity contribution is 5.48. The molecule has 0 bridgehead atoms. The van der Waals surface area contributed by atoms with Crippen LogP contribution in [0.4, 0.5) is 5.82 Å². The zero-order chi connectivity index (χ0) is 17.0. The van der Waals surface area contributed by atoms with Gasteiger partial charge in [-0.1, -0.05) is 5.16 Å². The normalized spacial score (nSPS) is 18.3. The topological polar surface area (TPSA) is 88.5 Å². The molecule has 0 spiro atoms. The molecule has 3 aromatic heterocycles. The average Bonchev–Trinajstić information content (AvgIpc) is 3.18. The fourth-order valence-corrected chi connectivity index (χ4v) is 3.24. The molecule has 0 aromatic carbocycles. The fourth-order valence-electron chi connectivity index (χ4n) is 3.24. The zero-order valence-electron chi connectivity index (χ0n) is 14.3. The summed E-state index contributed by atoms with van der Waals surface area (Å²) < 4.78 is 6.94.